The van der Waals surface area contributed by atoms with Gasteiger partial charge in [-0.05, 0) is 53.6 Å². The van der Waals surface area contributed by atoms with Crippen molar-refractivity contribution in [3.8, 4) is 0 Å². The summed E-state index contributed by atoms with van der Waals surface area (Å²) < 4.78 is 28.4. The number of amides is 1. The van der Waals surface area contributed by atoms with Crippen molar-refractivity contribution in [2.75, 3.05) is 10.0 Å². The minimum absolute atomic E-state index is 0.0666. The molecule has 2 unspecified atom stereocenters. The van der Waals surface area contributed by atoms with Crippen LogP contribution in [-0.2, 0) is 14.8 Å². The zero-order valence-electron chi connectivity index (χ0n) is 15.5. The molecule has 3 heterocycles. The number of rotatable bonds is 6. The minimum atomic E-state index is -3.62. The summed E-state index contributed by atoms with van der Waals surface area (Å²) >= 11 is 2.72. The molecule has 10 heteroatoms. The van der Waals surface area contributed by atoms with Gasteiger partial charge in [0.15, 0.2) is 5.13 Å². The van der Waals surface area contributed by atoms with Gasteiger partial charge in [0, 0.05) is 18.3 Å². The smallest absolute Gasteiger partial charge is 0.262 e. The summed E-state index contributed by atoms with van der Waals surface area (Å²) in [6, 6.07) is 12.0. The molecule has 5 rings (SSSR count). The van der Waals surface area contributed by atoms with Gasteiger partial charge in [-0.15, -0.1) is 11.3 Å². The van der Waals surface area contributed by atoms with Crippen LogP contribution in [0.25, 0.3) is 10.2 Å². The molecule has 0 bridgehead atoms. The van der Waals surface area contributed by atoms with Gasteiger partial charge in [-0.25, -0.2) is 13.4 Å². The second-order valence-corrected chi connectivity index (χ2v) is 10.6. The first-order chi connectivity index (χ1) is 14.5. The highest BCUT2D eigenvalue weighted by Gasteiger charge is 2.44. The van der Waals surface area contributed by atoms with Crippen LogP contribution in [0.5, 0.6) is 0 Å². The third-order valence-corrected chi connectivity index (χ3v) is 8.14. The van der Waals surface area contributed by atoms with Gasteiger partial charge in [-0.1, -0.05) is 23.5 Å². The van der Waals surface area contributed by atoms with E-state index in [1.54, 1.807) is 48.8 Å². The minimum Gasteiger partial charge on any atom is -0.302 e. The van der Waals surface area contributed by atoms with Crippen LogP contribution in [0.3, 0.4) is 0 Å². The van der Waals surface area contributed by atoms with E-state index in [9.17, 15) is 13.2 Å². The number of fused-ring (bicyclic) bond motifs is 1. The molecule has 0 aliphatic heterocycles. The van der Waals surface area contributed by atoms with Gasteiger partial charge >= 0.3 is 0 Å². The summed E-state index contributed by atoms with van der Waals surface area (Å²) in [5.41, 5.74) is 1.77. The molecule has 7 nitrogen and oxygen atoms in total. The van der Waals surface area contributed by atoms with Gasteiger partial charge < -0.3 is 5.32 Å². The number of nitrogens with one attached hydrogen (secondary N) is 2. The maximum absolute atomic E-state index is 12.6. The molecule has 1 aliphatic carbocycles. The van der Waals surface area contributed by atoms with Gasteiger partial charge in [0.2, 0.25) is 5.91 Å². The number of pyridine rings is 1. The van der Waals surface area contributed by atoms with Crippen LogP contribution in [0.2, 0.25) is 0 Å². The fraction of sp³-hybridized carbons (Fsp3) is 0.150. The SMILES string of the molecule is O=C(Nc1nc2ccncc2s1)C1CC1c1ccc(S(=O)(=O)Nc2cccs2)cc1. The highest BCUT2D eigenvalue weighted by atomic mass is 32.2. The lowest BCUT2D eigenvalue weighted by Crippen LogP contribution is -2.14. The molecule has 2 atom stereocenters. The van der Waals surface area contributed by atoms with Crippen LogP contribution in [0, 0.1) is 5.92 Å². The summed E-state index contributed by atoms with van der Waals surface area (Å²) in [5, 5.41) is 5.84. The average Bonchev–Trinajstić information content (AvgIpc) is 3.18. The van der Waals surface area contributed by atoms with Crippen molar-refractivity contribution in [2.45, 2.75) is 17.2 Å². The molecule has 1 fully saturated rings. The highest BCUT2D eigenvalue weighted by Crippen LogP contribution is 2.48. The van der Waals surface area contributed by atoms with E-state index in [-0.39, 0.29) is 22.6 Å². The number of sulfonamides is 1. The fourth-order valence-corrected chi connectivity index (χ4v) is 6.07. The molecule has 1 amide bonds. The molecule has 2 N–H and O–H groups in total. The van der Waals surface area contributed by atoms with Crippen LogP contribution in [0.1, 0.15) is 17.9 Å². The van der Waals surface area contributed by atoms with Crippen molar-refractivity contribution in [3.63, 3.8) is 0 Å². The van der Waals surface area contributed by atoms with Crippen molar-refractivity contribution in [1.82, 2.24) is 9.97 Å². The van der Waals surface area contributed by atoms with Gasteiger partial charge in [0.25, 0.3) is 10.0 Å². The van der Waals surface area contributed by atoms with E-state index >= 15 is 0 Å². The number of benzene rings is 1. The molecule has 0 spiro atoms. The van der Waals surface area contributed by atoms with E-state index in [0.717, 1.165) is 22.2 Å². The Labute approximate surface area is 180 Å². The molecular weight excluding hydrogens is 440 g/mol. The molecule has 1 saturated carbocycles. The van der Waals surface area contributed by atoms with Gasteiger partial charge in [0.1, 0.15) is 5.00 Å². The predicted octanol–water partition coefficient (Wildman–Crippen LogP) is 4.30. The molecule has 0 radical (unpaired) electrons. The lowest BCUT2D eigenvalue weighted by Gasteiger charge is -2.07. The molecule has 1 aliphatic rings. The fourth-order valence-electron chi connectivity index (χ4n) is 3.31. The number of anilines is 2. The third-order valence-electron chi connectivity index (χ3n) is 4.92. The molecule has 4 aromatic rings. The average molecular weight is 457 g/mol. The quantitative estimate of drug-likeness (QED) is 0.451. The number of thiazole rings is 1. The number of hydrogen-bond donors (Lipinski definition) is 2. The zero-order chi connectivity index (χ0) is 20.7. The Bertz CT molecular complexity index is 1280. The van der Waals surface area contributed by atoms with E-state index in [4.69, 9.17) is 0 Å². The van der Waals surface area contributed by atoms with E-state index in [0.29, 0.717) is 10.1 Å². The number of nitrogens with zero attached hydrogens (tertiary/aromatic N) is 2. The summed E-state index contributed by atoms with van der Waals surface area (Å²) in [4.78, 5) is 21.2. The Morgan fingerprint density at radius 3 is 2.70 bits per heavy atom. The molecular formula is C20H16N4O3S3. The number of carbonyl (C=O) groups excluding carboxylic acids is 1. The summed E-state index contributed by atoms with van der Waals surface area (Å²) in [5.74, 6) is -0.118. The zero-order valence-corrected chi connectivity index (χ0v) is 17.9. The van der Waals surface area contributed by atoms with Crippen LogP contribution >= 0.6 is 22.7 Å². The standard InChI is InChI=1S/C20H16N4O3S3/c25-19(23-20-22-16-7-8-21-11-17(16)29-20)15-10-14(15)12-3-5-13(6-4-12)30(26,27)24-18-2-1-9-28-18/h1-9,11,14-15,24H,10H2,(H,22,23,25). The van der Waals surface area contributed by atoms with Crippen LogP contribution in [0.4, 0.5) is 10.1 Å². The Morgan fingerprint density at radius 1 is 1.13 bits per heavy atom. The first-order valence-corrected chi connectivity index (χ1v) is 12.4. The Kier molecular flexibility index (Phi) is 4.76. The first kappa shape index (κ1) is 19.2. The molecule has 3 aromatic heterocycles. The normalized spacial score (nSPS) is 18.3. The molecule has 30 heavy (non-hydrogen) atoms. The first-order valence-electron chi connectivity index (χ1n) is 9.17. The van der Waals surface area contributed by atoms with Crippen LogP contribution in [0.15, 0.2) is 65.1 Å². The van der Waals surface area contributed by atoms with Gasteiger partial charge in [-0.2, -0.15) is 0 Å². The van der Waals surface area contributed by atoms with E-state index < -0.39 is 10.0 Å². The lowest BCUT2D eigenvalue weighted by atomic mass is 10.1. The molecule has 0 saturated heterocycles. The Balaban J connectivity index is 1.24. The lowest BCUT2D eigenvalue weighted by molar-refractivity contribution is -0.117. The van der Waals surface area contributed by atoms with Crippen molar-refractivity contribution in [2.24, 2.45) is 5.92 Å². The van der Waals surface area contributed by atoms with Crippen molar-refractivity contribution in [3.05, 3.63) is 65.8 Å². The summed E-state index contributed by atoms with van der Waals surface area (Å²) in [6.07, 6.45) is 4.13. The predicted molar refractivity (Wildman–Crippen MR) is 118 cm³/mol. The summed E-state index contributed by atoms with van der Waals surface area (Å²) in [6.45, 7) is 0. The summed E-state index contributed by atoms with van der Waals surface area (Å²) in [7, 11) is -3.62. The topological polar surface area (TPSA) is 101 Å². The number of hydrogen-bond acceptors (Lipinski definition) is 7. The maximum atomic E-state index is 12.6. The van der Waals surface area contributed by atoms with E-state index in [1.807, 2.05) is 11.4 Å². The van der Waals surface area contributed by atoms with Crippen molar-refractivity contribution >= 4 is 59.0 Å². The van der Waals surface area contributed by atoms with Gasteiger partial charge in [-0.3, -0.25) is 14.5 Å². The third kappa shape index (κ3) is 3.81. The van der Waals surface area contributed by atoms with Crippen molar-refractivity contribution in [1.29, 1.82) is 0 Å². The van der Waals surface area contributed by atoms with E-state index in [1.165, 1.54) is 22.7 Å². The van der Waals surface area contributed by atoms with Crippen LogP contribution in [-0.4, -0.2) is 24.3 Å². The van der Waals surface area contributed by atoms with Crippen LogP contribution < -0.4 is 10.0 Å². The Morgan fingerprint density at radius 2 is 1.97 bits per heavy atom. The second kappa shape index (κ2) is 7.46. The van der Waals surface area contributed by atoms with Gasteiger partial charge in [0.05, 0.1) is 15.1 Å². The molecule has 152 valence electrons. The second-order valence-electron chi connectivity index (χ2n) is 6.95. The van der Waals surface area contributed by atoms with E-state index in [2.05, 4.69) is 20.0 Å². The number of thiophene rings is 1. The number of aromatic nitrogens is 2. The van der Waals surface area contributed by atoms with Crippen molar-refractivity contribution < 1.29 is 13.2 Å². The Hall–Kier alpha value is -2.82. The highest BCUT2D eigenvalue weighted by molar-refractivity contribution is 7.93. The largest absolute Gasteiger partial charge is 0.302 e. The number of carbonyl (C=O) groups is 1. The molecule has 1 aromatic carbocycles. The maximum Gasteiger partial charge on any atom is 0.262 e. The monoisotopic (exact) mass is 456 g/mol.